The molecule has 10 heteroatoms. The minimum Gasteiger partial charge on any atom is -0.462 e. The van der Waals surface area contributed by atoms with Crippen molar-refractivity contribution in [1.82, 2.24) is 9.97 Å². The van der Waals surface area contributed by atoms with Crippen LogP contribution in [0.4, 0.5) is 5.82 Å². The molecule has 0 spiro atoms. The summed E-state index contributed by atoms with van der Waals surface area (Å²) in [7, 11) is 0. The molecule has 0 radical (unpaired) electrons. The van der Waals surface area contributed by atoms with Gasteiger partial charge in [-0.1, -0.05) is 23.2 Å². The van der Waals surface area contributed by atoms with E-state index in [0.29, 0.717) is 16.3 Å². The number of ether oxygens (including phenoxy) is 2. The number of hydrogen-bond donors (Lipinski definition) is 2. The highest BCUT2D eigenvalue weighted by Gasteiger charge is 2.26. The average Bonchev–Trinajstić information content (AvgIpc) is 2.92. The summed E-state index contributed by atoms with van der Waals surface area (Å²) in [5.74, 6) is -1.86. The number of amides is 1. The van der Waals surface area contributed by atoms with Crippen LogP contribution in [-0.2, 0) is 14.3 Å². The van der Waals surface area contributed by atoms with Crippen molar-refractivity contribution in [2.24, 2.45) is 0 Å². The van der Waals surface area contributed by atoms with Gasteiger partial charge in [-0.15, -0.1) is 0 Å². The molecule has 2 N–H and O–H groups in total. The lowest BCUT2D eigenvalue weighted by Crippen LogP contribution is -2.30. The number of aromatic nitrogens is 2. The minimum atomic E-state index is -1.14. The standard InChI is InChI=1S/C18H19Cl2N3O5/c1-5-27-17(25)13-8(2)14(22-9(13)3)18(26)28-10(4)16(24)23-15-12(20)6-11(19)7-21-15/h6-7,10,22H,5H2,1-4H3,(H,21,23,24). The molecule has 28 heavy (non-hydrogen) atoms. The van der Waals surface area contributed by atoms with Gasteiger partial charge in [0.2, 0.25) is 0 Å². The van der Waals surface area contributed by atoms with Gasteiger partial charge in [0.05, 0.1) is 22.2 Å². The summed E-state index contributed by atoms with van der Waals surface area (Å²) in [6.45, 7) is 6.52. The van der Waals surface area contributed by atoms with Crippen LogP contribution in [0.2, 0.25) is 10.0 Å². The Hall–Kier alpha value is -2.58. The summed E-state index contributed by atoms with van der Waals surface area (Å²) in [6.07, 6.45) is 0.178. The zero-order valence-electron chi connectivity index (χ0n) is 15.7. The number of anilines is 1. The first-order valence-corrected chi connectivity index (χ1v) is 9.10. The van der Waals surface area contributed by atoms with Crippen molar-refractivity contribution >= 4 is 46.9 Å². The summed E-state index contributed by atoms with van der Waals surface area (Å²) in [4.78, 5) is 43.4. The van der Waals surface area contributed by atoms with Gasteiger partial charge in [0, 0.05) is 11.9 Å². The third-order valence-electron chi connectivity index (χ3n) is 3.82. The lowest BCUT2D eigenvalue weighted by atomic mass is 10.1. The Morgan fingerprint density at radius 3 is 2.54 bits per heavy atom. The van der Waals surface area contributed by atoms with Gasteiger partial charge in [0.25, 0.3) is 5.91 Å². The van der Waals surface area contributed by atoms with E-state index < -0.39 is 23.9 Å². The van der Waals surface area contributed by atoms with Gasteiger partial charge < -0.3 is 19.8 Å². The van der Waals surface area contributed by atoms with E-state index in [4.69, 9.17) is 32.7 Å². The van der Waals surface area contributed by atoms with E-state index >= 15 is 0 Å². The van der Waals surface area contributed by atoms with Gasteiger partial charge in [-0.3, -0.25) is 4.79 Å². The first-order chi connectivity index (χ1) is 13.1. The fourth-order valence-corrected chi connectivity index (χ4v) is 2.89. The molecule has 0 saturated heterocycles. The fraction of sp³-hybridized carbons (Fsp3) is 0.333. The molecule has 2 heterocycles. The summed E-state index contributed by atoms with van der Waals surface area (Å²) >= 11 is 11.7. The normalized spacial score (nSPS) is 11.6. The molecule has 2 rings (SSSR count). The summed E-state index contributed by atoms with van der Waals surface area (Å²) in [5, 5.41) is 2.92. The molecular weight excluding hydrogens is 409 g/mol. The van der Waals surface area contributed by atoms with Crippen LogP contribution in [0.3, 0.4) is 0 Å². The van der Waals surface area contributed by atoms with Gasteiger partial charge in [-0.25, -0.2) is 14.6 Å². The van der Waals surface area contributed by atoms with Gasteiger partial charge in [0.15, 0.2) is 11.9 Å². The van der Waals surface area contributed by atoms with Crippen LogP contribution in [0, 0.1) is 13.8 Å². The molecule has 0 aliphatic heterocycles. The molecule has 2 aromatic rings. The molecule has 1 atom stereocenters. The van der Waals surface area contributed by atoms with Crippen LogP contribution < -0.4 is 5.32 Å². The smallest absolute Gasteiger partial charge is 0.355 e. The molecular formula is C18H19Cl2N3O5. The maximum atomic E-state index is 12.4. The van der Waals surface area contributed by atoms with Crippen molar-refractivity contribution < 1.29 is 23.9 Å². The Balaban J connectivity index is 2.10. The SMILES string of the molecule is CCOC(=O)c1c(C)[nH]c(C(=O)OC(C)C(=O)Nc2ncc(Cl)cc2Cl)c1C. The summed E-state index contributed by atoms with van der Waals surface area (Å²) in [5.41, 5.74) is 1.19. The van der Waals surface area contributed by atoms with Gasteiger partial charge in [-0.05, 0) is 39.3 Å². The van der Waals surface area contributed by atoms with Gasteiger partial charge >= 0.3 is 11.9 Å². The van der Waals surface area contributed by atoms with E-state index in [2.05, 4.69) is 15.3 Å². The second-order valence-corrected chi connectivity index (χ2v) is 6.71. The predicted octanol–water partition coefficient (Wildman–Crippen LogP) is 3.69. The Labute approximate surface area is 171 Å². The number of nitrogens with one attached hydrogen (secondary N) is 2. The zero-order chi connectivity index (χ0) is 21.0. The number of nitrogens with zero attached hydrogens (tertiary/aromatic N) is 1. The Kier molecular flexibility index (Phi) is 7.04. The average molecular weight is 428 g/mol. The second kappa shape index (κ2) is 9.07. The van der Waals surface area contributed by atoms with E-state index in [9.17, 15) is 14.4 Å². The highest BCUT2D eigenvalue weighted by molar-refractivity contribution is 6.36. The van der Waals surface area contributed by atoms with Crippen LogP contribution >= 0.6 is 23.2 Å². The van der Waals surface area contributed by atoms with Crippen LogP contribution in [0.5, 0.6) is 0 Å². The third kappa shape index (κ3) is 4.82. The predicted molar refractivity (Wildman–Crippen MR) is 104 cm³/mol. The maximum absolute atomic E-state index is 12.4. The fourth-order valence-electron chi connectivity index (χ4n) is 2.46. The molecule has 0 bridgehead atoms. The van der Waals surface area contributed by atoms with E-state index in [1.54, 1.807) is 20.8 Å². The number of aryl methyl sites for hydroxylation is 1. The minimum absolute atomic E-state index is 0.0721. The number of pyridine rings is 1. The van der Waals surface area contributed by atoms with Crippen LogP contribution in [0.1, 0.15) is 46.0 Å². The van der Waals surface area contributed by atoms with Crippen LogP contribution in [0.25, 0.3) is 0 Å². The zero-order valence-corrected chi connectivity index (χ0v) is 17.2. The van der Waals surface area contributed by atoms with Crippen molar-refractivity contribution in [3.8, 4) is 0 Å². The molecule has 0 aliphatic carbocycles. The van der Waals surface area contributed by atoms with Crippen molar-refractivity contribution in [2.45, 2.75) is 33.8 Å². The number of esters is 2. The Morgan fingerprint density at radius 2 is 1.93 bits per heavy atom. The van der Waals surface area contributed by atoms with Crippen LogP contribution in [0.15, 0.2) is 12.3 Å². The molecule has 8 nitrogen and oxygen atoms in total. The quantitative estimate of drug-likeness (QED) is 0.679. The maximum Gasteiger partial charge on any atom is 0.355 e. The van der Waals surface area contributed by atoms with Crippen molar-refractivity contribution in [2.75, 3.05) is 11.9 Å². The lowest BCUT2D eigenvalue weighted by molar-refractivity contribution is -0.123. The molecule has 0 saturated carbocycles. The number of carbonyl (C=O) groups excluding carboxylic acids is 3. The van der Waals surface area contributed by atoms with Crippen molar-refractivity contribution in [3.63, 3.8) is 0 Å². The number of H-pyrrole nitrogens is 1. The Bertz CT molecular complexity index is 926. The summed E-state index contributed by atoms with van der Waals surface area (Å²) < 4.78 is 10.2. The van der Waals surface area contributed by atoms with E-state index in [0.717, 1.165) is 0 Å². The molecule has 0 aliphatic rings. The topological polar surface area (TPSA) is 110 Å². The lowest BCUT2D eigenvalue weighted by Gasteiger charge is -2.13. The summed E-state index contributed by atoms with van der Waals surface area (Å²) in [6, 6.07) is 1.42. The van der Waals surface area contributed by atoms with Gasteiger partial charge in [-0.2, -0.15) is 0 Å². The molecule has 0 aromatic carbocycles. The largest absolute Gasteiger partial charge is 0.462 e. The molecule has 1 unspecified atom stereocenters. The van der Waals surface area contributed by atoms with Crippen molar-refractivity contribution in [1.29, 1.82) is 0 Å². The number of aromatic amines is 1. The first kappa shape index (κ1) is 21.7. The highest BCUT2D eigenvalue weighted by Crippen LogP contribution is 2.23. The number of rotatable bonds is 6. The Morgan fingerprint density at radius 1 is 1.25 bits per heavy atom. The van der Waals surface area contributed by atoms with E-state index in [1.165, 1.54) is 19.2 Å². The monoisotopic (exact) mass is 427 g/mol. The number of hydrogen-bond acceptors (Lipinski definition) is 6. The van der Waals surface area contributed by atoms with E-state index in [1.807, 2.05) is 0 Å². The van der Waals surface area contributed by atoms with Crippen LogP contribution in [-0.4, -0.2) is 40.5 Å². The first-order valence-electron chi connectivity index (χ1n) is 8.34. The third-order valence-corrected chi connectivity index (χ3v) is 4.32. The second-order valence-electron chi connectivity index (χ2n) is 5.87. The van der Waals surface area contributed by atoms with Gasteiger partial charge in [0.1, 0.15) is 5.69 Å². The molecule has 0 fully saturated rings. The highest BCUT2D eigenvalue weighted by atomic mass is 35.5. The number of halogens is 2. The molecule has 1 amide bonds. The molecule has 150 valence electrons. The van der Waals surface area contributed by atoms with E-state index in [-0.39, 0.29) is 28.7 Å². The number of carbonyl (C=O) groups is 3. The molecule has 2 aromatic heterocycles. The van der Waals surface area contributed by atoms with Crippen molar-refractivity contribution in [3.05, 3.63) is 44.8 Å².